The maximum atomic E-state index is 12.5. The number of nitrogen functional groups attached to an aromatic ring is 1. The third-order valence-electron chi connectivity index (χ3n) is 6.86. The zero-order valence-electron chi connectivity index (χ0n) is 21.1. The van der Waals surface area contributed by atoms with Crippen LogP contribution in [0.2, 0.25) is 0 Å². The van der Waals surface area contributed by atoms with Gasteiger partial charge in [0, 0.05) is 57.6 Å². The quantitative estimate of drug-likeness (QED) is 0.580. The molecule has 4 rings (SSSR count). The van der Waals surface area contributed by atoms with Crippen molar-refractivity contribution in [2.24, 2.45) is 0 Å². The number of urea groups is 1. The second kappa shape index (κ2) is 9.85. The molecule has 1 fully saturated rings. The summed E-state index contributed by atoms with van der Waals surface area (Å²) in [6.45, 7) is 2.08. The van der Waals surface area contributed by atoms with Crippen LogP contribution in [0.25, 0.3) is 10.9 Å². The number of piperidine rings is 1. The Bertz CT molecular complexity index is 1190. The van der Waals surface area contributed by atoms with E-state index in [4.69, 9.17) is 20.2 Å². The lowest BCUT2D eigenvalue weighted by molar-refractivity contribution is 0.138. The Hall–Kier alpha value is -3.75. The molecule has 1 aliphatic heterocycles. The Morgan fingerprint density at radius 2 is 1.66 bits per heavy atom. The molecule has 0 spiro atoms. The molecule has 2 aromatic carbocycles. The number of methoxy groups -OCH3 is 2. The first-order valence-electron chi connectivity index (χ1n) is 11.7. The number of nitrogens with two attached hydrogens (primary N) is 1. The van der Waals surface area contributed by atoms with Gasteiger partial charge >= 0.3 is 6.03 Å². The lowest BCUT2D eigenvalue weighted by Gasteiger charge is -2.44. The number of rotatable bonds is 6. The lowest BCUT2D eigenvalue weighted by atomic mass is 9.72. The van der Waals surface area contributed by atoms with Crippen LogP contribution in [-0.2, 0) is 5.41 Å². The molecule has 2 heterocycles. The molecule has 1 aliphatic rings. The number of anilines is 2. The number of carbonyl (C=O) groups is 1. The molecule has 1 aromatic heterocycles. The van der Waals surface area contributed by atoms with Crippen molar-refractivity contribution in [2.75, 3.05) is 65.6 Å². The third-order valence-corrected chi connectivity index (χ3v) is 6.86. The number of benzene rings is 2. The highest BCUT2D eigenvalue weighted by atomic mass is 16.5. The van der Waals surface area contributed by atoms with E-state index >= 15 is 0 Å². The van der Waals surface area contributed by atoms with Gasteiger partial charge in [0.2, 0.25) is 5.95 Å². The average molecular weight is 479 g/mol. The minimum Gasteiger partial charge on any atom is -0.493 e. The van der Waals surface area contributed by atoms with Gasteiger partial charge in [-0.15, -0.1) is 0 Å². The first kappa shape index (κ1) is 24.4. The lowest BCUT2D eigenvalue weighted by Crippen LogP contribution is -2.52. The Labute approximate surface area is 206 Å². The van der Waals surface area contributed by atoms with Crippen molar-refractivity contribution < 1.29 is 14.3 Å². The number of aromatic nitrogens is 2. The summed E-state index contributed by atoms with van der Waals surface area (Å²) in [5, 5.41) is 0.716. The van der Waals surface area contributed by atoms with Gasteiger partial charge in [0.25, 0.3) is 0 Å². The fraction of sp³-hybridized carbons (Fsp3) is 0.423. The van der Waals surface area contributed by atoms with Gasteiger partial charge in [-0.3, -0.25) is 0 Å². The Morgan fingerprint density at radius 3 is 2.26 bits per heavy atom. The number of fused-ring (bicyclic) bond motifs is 1. The summed E-state index contributed by atoms with van der Waals surface area (Å²) < 4.78 is 10.9. The fourth-order valence-corrected chi connectivity index (χ4v) is 4.90. The average Bonchev–Trinajstić information content (AvgIpc) is 2.88. The van der Waals surface area contributed by atoms with E-state index in [2.05, 4.69) is 34.1 Å². The normalized spacial score (nSPS) is 15.1. The van der Waals surface area contributed by atoms with Crippen LogP contribution in [0.4, 0.5) is 16.6 Å². The second-order valence-electron chi connectivity index (χ2n) is 9.30. The van der Waals surface area contributed by atoms with E-state index in [0.29, 0.717) is 53.8 Å². The van der Waals surface area contributed by atoms with Crippen LogP contribution in [0.15, 0.2) is 42.5 Å². The topological polar surface area (TPSA) is 97.1 Å². The number of ether oxygens (including phenoxy) is 2. The number of amides is 2. The molecule has 0 aliphatic carbocycles. The van der Waals surface area contributed by atoms with Crippen LogP contribution in [-0.4, -0.2) is 80.8 Å². The van der Waals surface area contributed by atoms with Crippen molar-refractivity contribution in [2.45, 2.75) is 18.3 Å². The van der Waals surface area contributed by atoms with E-state index in [-0.39, 0.29) is 11.4 Å². The maximum Gasteiger partial charge on any atom is 0.319 e. The molecule has 1 saturated heterocycles. The Kier molecular flexibility index (Phi) is 6.86. The van der Waals surface area contributed by atoms with Gasteiger partial charge in [0.15, 0.2) is 11.5 Å². The summed E-state index contributed by atoms with van der Waals surface area (Å²) in [6.07, 6.45) is 1.68. The number of likely N-dealkylation sites (N-methyl/N-ethyl adjacent to an activating group) is 1. The molecule has 9 nitrogen and oxygen atoms in total. The van der Waals surface area contributed by atoms with Gasteiger partial charge < -0.3 is 29.9 Å². The van der Waals surface area contributed by atoms with Gasteiger partial charge in [-0.2, -0.15) is 4.98 Å². The van der Waals surface area contributed by atoms with Gasteiger partial charge in [0.1, 0.15) is 5.82 Å². The second-order valence-corrected chi connectivity index (χ2v) is 9.30. The summed E-state index contributed by atoms with van der Waals surface area (Å²) in [6, 6.07) is 14.2. The predicted octanol–water partition coefficient (Wildman–Crippen LogP) is 3.38. The Balaban J connectivity index is 1.66. The Morgan fingerprint density at radius 1 is 1.03 bits per heavy atom. The van der Waals surface area contributed by atoms with Crippen molar-refractivity contribution in [1.29, 1.82) is 0 Å². The summed E-state index contributed by atoms with van der Waals surface area (Å²) in [5.41, 5.74) is 8.14. The number of carbonyl (C=O) groups excluding carboxylic acids is 1. The van der Waals surface area contributed by atoms with Crippen molar-refractivity contribution in [3.63, 3.8) is 0 Å². The van der Waals surface area contributed by atoms with Gasteiger partial charge in [-0.1, -0.05) is 30.3 Å². The molecule has 35 heavy (non-hydrogen) atoms. The molecule has 0 radical (unpaired) electrons. The maximum absolute atomic E-state index is 12.5. The smallest absolute Gasteiger partial charge is 0.319 e. The van der Waals surface area contributed by atoms with E-state index in [0.717, 1.165) is 12.8 Å². The monoisotopic (exact) mass is 478 g/mol. The van der Waals surface area contributed by atoms with Crippen LogP contribution in [0.3, 0.4) is 0 Å². The van der Waals surface area contributed by atoms with Crippen molar-refractivity contribution >= 4 is 28.7 Å². The molecule has 0 unspecified atom stereocenters. The summed E-state index contributed by atoms with van der Waals surface area (Å²) in [4.78, 5) is 27.6. The van der Waals surface area contributed by atoms with E-state index in [1.165, 1.54) is 5.56 Å². The molecule has 2 N–H and O–H groups in total. The molecule has 2 amide bonds. The van der Waals surface area contributed by atoms with Crippen LogP contribution in [0, 0.1) is 0 Å². The highest BCUT2D eigenvalue weighted by Crippen LogP contribution is 2.38. The molecule has 186 valence electrons. The molecule has 0 atom stereocenters. The standard InChI is InChI=1S/C26H34N6O3/c1-30(2)25(33)32-13-11-26(12-14-32,18-9-7-6-8-10-18)17-31(3)24-28-20-16-22(35-5)21(34-4)15-19(20)23(27)29-24/h6-10,15-16H,11-14,17H2,1-5H3,(H2,27,28,29). The van der Waals surface area contributed by atoms with E-state index in [1.807, 2.05) is 24.1 Å². The molecule has 0 saturated carbocycles. The molecule has 3 aromatic rings. The van der Waals surface area contributed by atoms with Crippen LogP contribution in [0.5, 0.6) is 11.5 Å². The van der Waals surface area contributed by atoms with E-state index in [9.17, 15) is 4.79 Å². The number of hydrogen-bond acceptors (Lipinski definition) is 7. The van der Waals surface area contributed by atoms with Crippen LogP contribution in [0.1, 0.15) is 18.4 Å². The third kappa shape index (κ3) is 4.76. The number of nitrogens with zero attached hydrogens (tertiary/aromatic N) is 5. The van der Waals surface area contributed by atoms with Crippen LogP contribution < -0.4 is 20.1 Å². The van der Waals surface area contributed by atoms with Crippen molar-refractivity contribution in [3.8, 4) is 11.5 Å². The molecule has 0 bridgehead atoms. The summed E-state index contributed by atoms with van der Waals surface area (Å²) in [5.74, 6) is 2.10. The van der Waals surface area contributed by atoms with E-state index in [1.54, 1.807) is 39.3 Å². The van der Waals surface area contributed by atoms with Crippen molar-refractivity contribution in [1.82, 2.24) is 19.8 Å². The molecule has 9 heteroatoms. The van der Waals surface area contributed by atoms with E-state index < -0.39 is 0 Å². The summed E-state index contributed by atoms with van der Waals surface area (Å²) >= 11 is 0. The highest BCUT2D eigenvalue weighted by molar-refractivity contribution is 5.91. The van der Waals surface area contributed by atoms with Crippen molar-refractivity contribution in [3.05, 3.63) is 48.0 Å². The fourth-order valence-electron chi connectivity index (χ4n) is 4.90. The minimum absolute atomic E-state index is 0.0510. The van der Waals surface area contributed by atoms with Gasteiger partial charge in [-0.05, 0) is 24.5 Å². The summed E-state index contributed by atoms with van der Waals surface area (Å²) in [7, 11) is 8.76. The SMILES string of the molecule is COc1cc2nc(N(C)CC3(c4ccccc4)CCN(C(=O)N(C)C)CC3)nc(N)c2cc1OC. The number of likely N-dealkylation sites (tertiary alicyclic amines) is 1. The molecular weight excluding hydrogens is 444 g/mol. The largest absolute Gasteiger partial charge is 0.493 e. The van der Waals surface area contributed by atoms with Gasteiger partial charge in [-0.25, -0.2) is 9.78 Å². The number of hydrogen-bond donors (Lipinski definition) is 1. The molecular formula is C26H34N6O3. The first-order chi connectivity index (χ1) is 16.8. The zero-order valence-corrected chi connectivity index (χ0v) is 21.1. The first-order valence-corrected chi connectivity index (χ1v) is 11.7. The zero-order chi connectivity index (χ0) is 25.2. The van der Waals surface area contributed by atoms with Gasteiger partial charge in [0.05, 0.1) is 19.7 Å². The highest BCUT2D eigenvalue weighted by Gasteiger charge is 2.39. The minimum atomic E-state index is -0.149. The predicted molar refractivity (Wildman–Crippen MR) is 138 cm³/mol. The van der Waals surface area contributed by atoms with Crippen LogP contribution >= 0.6 is 0 Å².